The molecule has 136 valence electrons. The zero-order chi connectivity index (χ0) is 18.0. The molecule has 6 nitrogen and oxygen atoms in total. The lowest BCUT2D eigenvalue weighted by molar-refractivity contribution is -0.128. The molecule has 4 atom stereocenters. The number of hydrogen-bond donors (Lipinski definition) is 3. The predicted octanol–water partition coefficient (Wildman–Crippen LogP) is 1.89. The van der Waals surface area contributed by atoms with E-state index in [0.29, 0.717) is 42.5 Å². The minimum absolute atomic E-state index is 0.210. The van der Waals surface area contributed by atoms with Crippen molar-refractivity contribution in [2.45, 2.75) is 64.6 Å². The quantitative estimate of drug-likeness (QED) is 0.625. The number of aromatic amines is 2. The molecule has 2 aliphatic carbocycles. The van der Waals surface area contributed by atoms with Crippen LogP contribution in [0, 0.1) is 17.3 Å². The van der Waals surface area contributed by atoms with Gasteiger partial charge in [0.2, 0.25) is 5.88 Å². The van der Waals surface area contributed by atoms with Gasteiger partial charge in [0.1, 0.15) is 5.60 Å². The highest BCUT2D eigenvalue weighted by Gasteiger charge is 2.59. The Kier molecular flexibility index (Phi) is 3.55. The summed E-state index contributed by atoms with van der Waals surface area (Å²) in [6, 6.07) is 0. The average Bonchev–Trinajstić information content (AvgIpc) is 2.90. The van der Waals surface area contributed by atoms with Gasteiger partial charge in [-0.15, -0.1) is 0 Å². The molecule has 0 saturated heterocycles. The number of allylic oxidation sites excluding steroid dienone is 1. The second-order valence-corrected chi connectivity index (χ2v) is 8.70. The highest BCUT2D eigenvalue weighted by Crippen LogP contribution is 2.60. The summed E-state index contributed by atoms with van der Waals surface area (Å²) in [5, 5.41) is 10.4. The zero-order valence-corrected chi connectivity index (χ0v) is 15.0. The minimum Gasteiger partial charge on any atom is -0.471 e. The van der Waals surface area contributed by atoms with E-state index in [4.69, 9.17) is 4.74 Å². The molecule has 6 heteroatoms. The molecular formula is C19H26N2O4. The summed E-state index contributed by atoms with van der Waals surface area (Å²) in [6.45, 7) is 6.53. The zero-order valence-electron chi connectivity index (χ0n) is 15.0. The van der Waals surface area contributed by atoms with Crippen LogP contribution in [0.15, 0.2) is 21.2 Å². The van der Waals surface area contributed by atoms with Crippen LogP contribution in [0.3, 0.4) is 0 Å². The van der Waals surface area contributed by atoms with E-state index in [0.717, 1.165) is 18.4 Å². The lowest BCUT2D eigenvalue weighted by Crippen LogP contribution is -2.58. The first kappa shape index (κ1) is 16.6. The van der Waals surface area contributed by atoms with Crippen molar-refractivity contribution in [3.05, 3.63) is 38.1 Å². The van der Waals surface area contributed by atoms with Gasteiger partial charge in [-0.3, -0.25) is 14.8 Å². The largest absolute Gasteiger partial charge is 0.471 e. The van der Waals surface area contributed by atoms with Gasteiger partial charge < -0.3 is 9.84 Å². The minimum atomic E-state index is -0.535. The molecule has 0 radical (unpaired) electrons. The third-order valence-corrected chi connectivity index (χ3v) is 6.76. The van der Waals surface area contributed by atoms with E-state index in [1.165, 1.54) is 0 Å². The van der Waals surface area contributed by atoms with Crippen LogP contribution in [0.4, 0.5) is 0 Å². The summed E-state index contributed by atoms with van der Waals surface area (Å²) in [5.41, 5.74) is 0.343. The number of H-pyrrole nitrogens is 2. The SMILES string of the molecule is C/C1=C/C[C@@H]2[C@H](CC2(C)C)[C@@]2(CC[C@H]1O)Cc1c([nH]c(=O)[nH]c1=O)O2. The summed E-state index contributed by atoms with van der Waals surface area (Å²) in [5.74, 6) is 1.07. The van der Waals surface area contributed by atoms with Crippen molar-refractivity contribution in [3.8, 4) is 5.88 Å². The van der Waals surface area contributed by atoms with Crippen LogP contribution in [0.25, 0.3) is 0 Å². The molecule has 0 bridgehead atoms. The maximum absolute atomic E-state index is 12.2. The first-order chi connectivity index (χ1) is 11.7. The van der Waals surface area contributed by atoms with Gasteiger partial charge in [-0.05, 0) is 49.5 Å². The Morgan fingerprint density at radius 3 is 2.72 bits per heavy atom. The van der Waals surface area contributed by atoms with E-state index < -0.39 is 17.4 Å². The van der Waals surface area contributed by atoms with E-state index in [1.807, 2.05) is 6.92 Å². The molecule has 0 amide bonds. The van der Waals surface area contributed by atoms with E-state index in [2.05, 4.69) is 29.9 Å². The molecule has 1 spiro atoms. The number of rotatable bonds is 0. The molecule has 1 aromatic heterocycles. The van der Waals surface area contributed by atoms with Crippen molar-refractivity contribution < 1.29 is 9.84 Å². The van der Waals surface area contributed by atoms with Crippen molar-refractivity contribution in [1.29, 1.82) is 0 Å². The number of fused-ring (bicyclic) bond motifs is 3. The van der Waals surface area contributed by atoms with Crippen molar-refractivity contribution in [2.24, 2.45) is 17.3 Å². The summed E-state index contributed by atoms with van der Waals surface area (Å²) in [4.78, 5) is 28.8. The van der Waals surface area contributed by atoms with Gasteiger partial charge >= 0.3 is 5.69 Å². The average molecular weight is 346 g/mol. The second kappa shape index (κ2) is 5.34. The molecule has 3 N–H and O–H groups in total. The fourth-order valence-corrected chi connectivity index (χ4v) is 5.15. The molecule has 2 heterocycles. The first-order valence-corrected chi connectivity index (χ1v) is 9.11. The Morgan fingerprint density at radius 2 is 2.00 bits per heavy atom. The highest BCUT2D eigenvalue weighted by molar-refractivity contribution is 5.33. The van der Waals surface area contributed by atoms with Crippen LogP contribution in [0.2, 0.25) is 0 Å². The Bertz CT molecular complexity index is 850. The Morgan fingerprint density at radius 1 is 1.24 bits per heavy atom. The smallest absolute Gasteiger partial charge is 0.328 e. The normalized spacial score (nSPS) is 38.2. The van der Waals surface area contributed by atoms with Gasteiger partial charge in [0.15, 0.2) is 0 Å². The van der Waals surface area contributed by atoms with Crippen molar-refractivity contribution in [3.63, 3.8) is 0 Å². The van der Waals surface area contributed by atoms with Crippen LogP contribution in [0.1, 0.15) is 52.0 Å². The topological polar surface area (TPSA) is 95.2 Å². The highest BCUT2D eigenvalue weighted by atomic mass is 16.5. The molecule has 3 aliphatic rings. The van der Waals surface area contributed by atoms with E-state index in [-0.39, 0.29) is 11.0 Å². The van der Waals surface area contributed by atoms with Gasteiger partial charge in [-0.25, -0.2) is 4.79 Å². The third kappa shape index (κ3) is 2.49. The van der Waals surface area contributed by atoms with Crippen LogP contribution in [-0.2, 0) is 6.42 Å². The molecule has 4 rings (SSSR count). The number of aliphatic hydroxyl groups excluding tert-OH is 1. The number of nitrogens with one attached hydrogen (secondary N) is 2. The molecule has 1 saturated carbocycles. The maximum atomic E-state index is 12.2. The Hall–Kier alpha value is -1.82. The molecule has 1 aliphatic heterocycles. The Balaban J connectivity index is 1.75. The fourth-order valence-electron chi connectivity index (χ4n) is 5.15. The van der Waals surface area contributed by atoms with Crippen LogP contribution in [0.5, 0.6) is 5.88 Å². The van der Waals surface area contributed by atoms with Gasteiger partial charge in [0.25, 0.3) is 5.56 Å². The summed E-state index contributed by atoms with van der Waals surface area (Å²) in [7, 11) is 0. The fraction of sp³-hybridized carbons (Fsp3) is 0.684. The molecule has 0 unspecified atom stereocenters. The predicted molar refractivity (Wildman–Crippen MR) is 93.7 cm³/mol. The lowest BCUT2D eigenvalue weighted by Gasteiger charge is -2.57. The van der Waals surface area contributed by atoms with Gasteiger partial charge in [0, 0.05) is 12.3 Å². The molecule has 1 fully saturated rings. The van der Waals surface area contributed by atoms with Crippen LogP contribution in [-0.4, -0.2) is 26.8 Å². The maximum Gasteiger partial charge on any atom is 0.328 e. The monoisotopic (exact) mass is 346 g/mol. The molecule has 25 heavy (non-hydrogen) atoms. The van der Waals surface area contributed by atoms with E-state index in [9.17, 15) is 14.7 Å². The third-order valence-electron chi connectivity index (χ3n) is 6.76. The number of ether oxygens (including phenoxy) is 1. The van der Waals surface area contributed by atoms with Crippen molar-refractivity contribution in [1.82, 2.24) is 9.97 Å². The molecule has 0 aromatic carbocycles. The number of aromatic nitrogens is 2. The summed E-state index contributed by atoms with van der Waals surface area (Å²) >= 11 is 0. The Labute approximate surface area is 146 Å². The van der Waals surface area contributed by atoms with Gasteiger partial charge in [-0.1, -0.05) is 19.9 Å². The second-order valence-electron chi connectivity index (χ2n) is 8.70. The van der Waals surface area contributed by atoms with E-state index >= 15 is 0 Å². The van der Waals surface area contributed by atoms with E-state index in [1.54, 1.807) is 0 Å². The summed E-state index contributed by atoms with van der Waals surface area (Å²) < 4.78 is 6.29. The molecular weight excluding hydrogens is 320 g/mol. The lowest BCUT2D eigenvalue weighted by atomic mass is 9.49. The van der Waals surface area contributed by atoms with Crippen molar-refractivity contribution in [2.75, 3.05) is 0 Å². The summed E-state index contributed by atoms with van der Waals surface area (Å²) in [6.07, 6.45) is 5.39. The standard InChI is InChI=1S/C19H26N2O4/c1-10-4-5-12-13(9-18(12,2)3)19(7-6-14(10)22)8-11-15(23)20-17(24)21-16(11)25-19/h4,12-14,22H,5-9H2,1-3H3,(H2,20,21,23,24)/b10-4-/t12-,13+,14-,19-/m1/s1. The van der Waals surface area contributed by atoms with Crippen LogP contribution < -0.4 is 16.0 Å². The van der Waals surface area contributed by atoms with Gasteiger partial charge in [-0.2, -0.15) is 0 Å². The molecule has 1 aromatic rings. The van der Waals surface area contributed by atoms with Crippen molar-refractivity contribution >= 4 is 0 Å². The first-order valence-electron chi connectivity index (χ1n) is 9.11. The van der Waals surface area contributed by atoms with Crippen LogP contribution >= 0.6 is 0 Å². The number of hydrogen-bond acceptors (Lipinski definition) is 4. The number of aliphatic hydroxyl groups is 1. The van der Waals surface area contributed by atoms with Gasteiger partial charge in [0.05, 0.1) is 11.7 Å².